The van der Waals surface area contributed by atoms with E-state index in [2.05, 4.69) is 4.98 Å². The number of benzene rings is 1. The minimum Gasteiger partial charge on any atom is -0.267 e. The molecule has 0 bridgehead atoms. The molecule has 1 aromatic carbocycles. The van der Waals surface area contributed by atoms with Crippen LogP contribution in [0.2, 0.25) is 0 Å². The Kier molecular flexibility index (Phi) is 2.76. The molecule has 0 fully saturated rings. The third kappa shape index (κ3) is 1.88. The summed E-state index contributed by atoms with van der Waals surface area (Å²) in [6.07, 6.45) is 1.78. The highest BCUT2D eigenvalue weighted by Crippen LogP contribution is 2.10. The highest BCUT2D eigenvalue weighted by molar-refractivity contribution is 7.71. The molecule has 0 amide bonds. The lowest BCUT2D eigenvalue weighted by Crippen LogP contribution is -2.17. The quantitative estimate of drug-likeness (QED) is 0.638. The zero-order valence-corrected chi connectivity index (χ0v) is 11.1. The molecule has 4 nitrogen and oxygen atoms in total. The van der Waals surface area contributed by atoms with Crippen LogP contribution in [0.4, 0.5) is 0 Å². The average molecular weight is 269 g/mol. The van der Waals surface area contributed by atoms with Gasteiger partial charge in [0.2, 0.25) is 4.77 Å². The van der Waals surface area contributed by atoms with Crippen molar-refractivity contribution in [2.45, 2.75) is 6.92 Å². The van der Waals surface area contributed by atoms with Crippen molar-refractivity contribution in [1.82, 2.24) is 14.2 Å². The summed E-state index contributed by atoms with van der Waals surface area (Å²) in [4.78, 5) is 16.8. The molecule has 0 unspecified atom stereocenters. The Morgan fingerprint density at radius 1 is 1.16 bits per heavy atom. The van der Waals surface area contributed by atoms with E-state index in [1.807, 2.05) is 37.3 Å². The number of hydrogen-bond donors (Lipinski definition) is 0. The fraction of sp³-hybridized carbons (Fsp3) is 0.0714. The third-order valence-corrected chi connectivity index (χ3v) is 3.22. The number of carbonyl (C=O) groups excluding carboxylic acids is 1. The lowest BCUT2D eigenvalue weighted by atomic mass is 10.2. The van der Waals surface area contributed by atoms with E-state index in [4.69, 9.17) is 12.2 Å². The Morgan fingerprint density at radius 2 is 1.89 bits per heavy atom. The molecule has 0 atom stereocenters. The fourth-order valence-corrected chi connectivity index (χ4v) is 2.27. The van der Waals surface area contributed by atoms with E-state index in [1.165, 1.54) is 4.68 Å². The zero-order valence-electron chi connectivity index (χ0n) is 10.3. The first-order chi connectivity index (χ1) is 9.18. The molecule has 0 N–H and O–H groups in total. The minimum atomic E-state index is -0.177. The molecule has 0 saturated carbocycles. The number of carbonyl (C=O) groups is 1. The Bertz CT molecular complexity index is 818. The number of fused-ring (bicyclic) bond motifs is 1. The van der Waals surface area contributed by atoms with Crippen molar-refractivity contribution in [2.24, 2.45) is 0 Å². The van der Waals surface area contributed by atoms with Crippen LogP contribution in [0.1, 0.15) is 15.9 Å². The molecule has 0 aliphatic carbocycles. The van der Waals surface area contributed by atoms with Gasteiger partial charge in [-0.25, -0.2) is 4.52 Å². The van der Waals surface area contributed by atoms with Crippen LogP contribution in [-0.4, -0.2) is 20.1 Å². The summed E-state index contributed by atoms with van der Waals surface area (Å²) in [6, 6.07) is 12.9. The Labute approximate surface area is 114 Å². The number of hydrogen-bond acceptors (Lipinski definition) is 3. The van der Waals surface area contributed by atoms with Gasteiger partial charge in [-0.2, -0.15) is 9.67 Å². The van der Waals surface area contributed by atoms with Crippen LogP contribution in [0.25, 0.3) is 5.65 Å². The summed E-state index contributed by atoms with van der Waals surface area (Å²) >= 11 is 5.20. The molecule has 0 aliphatic heterocycles. The first-order valence-electron chi connectivity index (χ1n) is 5.85. The van der Waals surface area contributed by atoms with E-state index in [0.29, 0.717) is 11.2 Å². The summed E-state index contributed by atoms with van der Waals surface area (Å²) in [5.74, 6) is -0.177. The van der Waals surface area contributed by atoms with Crippen LogP contribution in [-0.2, 0) is 0 Å². The van der Waals surface area contributed by atoms with Crippen molar-refractivity contribution in [3.63, 3.8) is 0 Å². The molecule has 0 aliphatic rings. The predicted octanol–water partition coefficient (Wildman–Crippen LogP) is 2.86. The van der Waals surface area contributed by atoms with Gasteiger partial charge >= 0.3 is 0 Å². The van der Waals surface area contributed by atoms with E-state index in [9.17, 15) is 4.79 Å². The number of rotatable bonds is 1. The van der Waals surface area contributed by atoms with Crippen LogP contribution in [0.3, 0.4) is 0 Å². The van der Waals surface area contributed by atoms with Gasteiger partial charge in [-0.05, 0) is 42.9 Å². The SMILES string of the molecule is Cc1cccn2c1nc(=S)n2C(=O)c1ccccc1. The molecule has 0 spiro atoms. The molecule has 0 radical (unpaired) electrons. The van der Waals surface area contributed by atoms with E-state index in [-0.39, 0.29) is 10.7 Å². The van der Waals surface area contributed by atoms with Crippen molar-refractivity contribution in [2.75, 3.05) is 0 Å². The van der Waals surface area contributed by atoms with Crippen LogP contribution in [0.5, 0.6) is 0 Å². The average Bonchev–Trinajstić information content (AvgIpc) is 2.77. The maximum atomic E-state index is 12.5. The zero-order chi connectivity index (χ0) is 13.4. The lowest BCUT2D eigenvalue weighted by molar-refractivity contribution is 0.0938. The van der Waals surface area contributed by atoms with Gasteiger partial charge < -0.3 is 0 Å². The second-order valence-electron chi connectivity index (χ2n) is 4.24. The summed E-state index contributed by atoms with van der Waals surface area (Å²) in [6.45, 7) is 1.94. The topological polar surface area (TPSA) is 39.3 Å². The molecular formula is C14H11N3OS. The summed E-state index contributed by atoms with van der Waals surface area (Å²) < 4.78 is 3.36. The van der Waals surface area contributed by atoms with Crippen molar-refractivity contribution in [3.05, 3.63) is 64.6 Å². The van der Waals surface area contributed by atoms with Gasteiger partial charge in [-0.1, -0.05) is 24.3 Å². The molecule has 3 aromatic rings. The normalized spacial score (nSPS) is 10.8. The van der Waals surface area contributed by atoms with Gasteiger partial charge in [0.25, 0.3) is 5.91 Å². The first kappa shape index (κ1) is 11.8. The molecule has 94 valence electrons. The second kappa shape index (κ2) is 4.44. The van der Waals surface area contributed by atoms with E-state index >= 15 is 0 Å². The fourth-order valence-electron chi connectivity index (χ4n) is 2.01. The number of aryl methyl sites for hydroxylation is 1. The van der Waals surface area contributed by atoms with Crippen LogP contribution < -0.4 is 0 Å². The van der Waals surface area contributed by atoms with Crippen molar-refractivity contribution in [1.29, 1.82) is 0 Å². The summed E-state index contributed by atoms with van der Waals surface area (Å²) in [5.41, 5.74) is 2.27. The Balaban J connectivity index is 2.27. The highest BCUT2D eigenvalue weighted by atomic mass is 32.1. The molecular weight excluding hydrogens is 258 g/mol. The predicted molar refractivity (Wildman–Crippen MR) is 74.9 cm³/mol. The summed E-state index contributed by atoms with van der Waals surface area (Å²) in [5, 5.41) is 0. The van der Waals surface area contributed by atoms with Gasteiger partial charge in [0.05, 0.1) is 0 Å². The van der Waals surface area contributed by atoms with Gasteiger partial charge in [0, 0.05) is 11.8 Å². The Morgan fingerprint density at radius 3 is 2.63 bits per heavy atom. The largest absolute Gasteiger partial charge is 0.279 e. The number of aromatic nitrogens is 3. The molecule has 3 rings (SSSR count). The standard InChI is InChI=1S/C14H11N3OS/c1-10-6-5-9-16-12(10)15-14(19)17(16)13(18)11-7-3-2-4-8-11/h2-9H,1H3. The third-order valence-electron chi connectivity index (χ3n) is 2.95. The smallest absolute Gasteiger partial charge is 0.267 e. The van der Waals surface area contributed by atoms with Gasteiger partial charge in [-0.15, -0.1) is 0 Å². The van der Waals surface area contributed by atoms with Crippen molar-refractivity contribution in [3.8, 4) is 0 Å². The maximum absolute atomic E-state index is 12.5. The van der Waals surface area contributed by atoms with E-state index in [0.717, 1.165) is 5.56 Å². The molecule has 0 saturated heterocycles. The van der Waals surface area contributed by atoms with Crippen molar-refractivity contribution < 1.29 is 4.79 Å². The number of pyridine rings is 1. The first-order valence-corrected chi connectivity index (χ1v) is 6.26. The minimum absolute atomic E-state index is 0.177. The maximum Gasteiger partial charge on any atom is 0.279 e. The molecule has 5 heteroatoms. The number of nitrogens with zero attached hydrogens (tertiary/aromatic N) is 3. The monoisotopic (exact) mass is 269 g/mol. The van der Waals surface area contributed by atoms with Crippen LogP contribution >= 0.6 is 12.2 Å². The van der Waals surface area contributed by atoms with E-state index in [1.54, 1.807) is 22.8 Å². The van der Waals surface area contributed by atoms with Gasteiger partial charge in [0.1, 0.15) is 0 Å². The van der Waals surface area contributed by atoms with Crippen LogP contribution in [0, 0.1) is 11.7 Å². The highest BCUT2D eigenvalue weighted by Gasteiger charge is 2.14. The molecule has 19 heavy (non-hydrogen) atoms. The lowest BCUT2D eigenvalue weighted by Gasteiger charge is -2.05. The molecule has 2 aromatic heterocycles. The second-order valence-corrected chi connectivity index (χ2v) is 4.60. The van der Waals surface area contributed by atoms with Gasteiger partial charge in [-0.3, -0.25) is 4.79 Å². The van der Waals surface area contributed by atoms with Crippen molar-refractivity contribution >= 4 is 23.8 Å². The van der Waals surface area contributed by atoms with E-state index < -0.39 is 0 Å². The Hall–Kier alpha value is -2.27. The van der Waals surface area contributed by atoms with Gasteiger partial charge in [0.15, 0.2) is 5.65 Å². The molecule has 2 heterocycles. The summed E-state index contributed by atoms with van der Waals surface area (Å²) in [7, 11) is 0. The van der Waals surface area contributed by atoms with Crippen LogP contribution in [0.15, 0.2) is 48.7 Å².